The van der Waals surface area contributed by atoms with Gasteiger partial charge in [0, 0.05) is 29.6 Å². The normalized spacial score (nSPS) is 12.5. The second kappa shape index (κ2) is 10.6. The number of pyridine rings is 1. The molecule has 0 spiro atoms. The number of aryl methyl sites for hydroxylation is 2. The molecule has 192 valence electrons. The number of hydrogen-bond donors (Lipinski definition) is 2. The summed E-state index contributed by atoms with van der Waals surface area (Å²) in [6.07, 6.45) is 1.85. The van der Waals surface area contributed by atoms with Gasteiger partial charge in [-0.1, -0.05) is 36.9 Å². The molecule has 1 atom stereocenters. The molecule has 0 aliphatic carbocycles. The Bertz CT molecular complexity index is 1510. The molecule has 2 heterocycles. The van der Waals surface area contributed by atoms with Crippen LogP contribution in [0.5, 0.6) is 0 Å². The Hall–Kier alpha value is -3.31. The third-order valence-corrected chi connectivity index (χ3v) is 6.25. The maximum atomic E-state index is 13.9. The SMILES string of the molecule is CCCc1nn(C)c2c(-c3ccc(C#CC(C)(C)O)nc3[C@@H](N)Cc3cc(F)cc(F)c3)ccc(Cl)c12. The van der Waals surface area contributed by atoms with Crippen molar-refractivity contribution in [2.24, 2.45) is 12.8 Å². The van der Waals surface area contributed by atoms with Crippen LogP contribution in [0.25, 0.3) is 22.0 Å². The molecule has 0 amide bonds. The topological polar surface area (TPSA) is 77.0 Å². The highest BCUT2D eigenvalue weighted by atomic mass is 35.5. The number of hydrogen-bond acceptors (Lipinski definition) is 4. The Morgan fingerprint density at radius 1 is 1.11 bits per heavy atom. The van der Waals surface area contributed by atoms with E-state index in [2.05, 4.69) is 18.8 Å². The number of halogens is 3. The van der Waals surface area contributed by atoms with Crippen LogP contribution in [0.3, 0.4) is 0 Å². The van der Waals surface area contributed by atoms with Crippen molar-refractivity contribution in [3.05, 3.63) is 81.8 Å². The second-order valence-electron chi connectivity index (χ2n) is 9.67. The summed E-state index contributed by atoms with van der Waals surface area (Å²) in [4.78, 5) is 4.74. The highest BCUT2D eigenvalue weighted by Gasteiger charge is 2.22. The standard InChI is InChI=1S/C29H29ClF2N4O/c1-5-6-25-26-23(30)10-9-22(28(26)36(4)35-25)21-8-7-20(11-12-29(2,3)37)34-27(21)24(33)15-17-13-18(31)16-19(32)14-17/h7-10,13-14,16,24,37H,5-6,15,33H2,1-4H3/t24-/m0/s1. The Kier molecular flexibility index (Phi) is 7.65. The fourth-order valence-corrected chi connectivity index (χ4v) is 4.70. The smallest absolute Gasteiger partial charge is 0.126 e. The van der Waals surface area contributed by atoms with Crippen molar-refractivity contribution in [1.29, 1.82) is 0 Å². The molecule has 0 radical (unpaired) electrons. The monoisotopic (exact) mass is 522 g/mol. The van der Waals surface area contributed by atoms with E-state index in [1.165, 1.54) is 12.1 Å². The first-order valence-electron chi connectivity index (χ1n) is 12.1. The van der Waals surface area contributed by atoms with Crippen molar-refractivity contribution in [3.63, 3.8) is 0 Å². The Morgan fingerprint density at radius 2 is 1.78 bits per heavy atom. The average molecular weight is 523 g/mol. The third-order valence-electron chi connectivity index (χ3n) is 5.94. The van der Waals surface area contributed by atoms with Crippen LogP contribution in [0.4, 0.5) is 8.78 Å². The summed E-state index contributed by atoms with van der Waals surface area (Å²) < 4.78 is 29.5. The number of nitrogens with zero attached hydrogens (tertiary/aromatic N) is 3. The van der Waals surface area contributed by atoms with Crippen LogP contribution in [-0.4, -0.2) is 25.5 Å². The van der Waals surface area contributed by atoms with E-state index in [0.717, 1.165) is 46.6 Å². The summed E-state index contributed by atoms with van der Waals surface area (Å²) in [5.41, 5.74) is 10.1. The van der Waals surface area contributed by atoms with Crippen LogP contribution in [0.2, 0.25) is 5.02 Å². The van der Waals surface area contributed by atoms with Gasteiger partial charge in [-0.05, 0) is 68.5 Å². The van der Waals surface area contributed by atoms with Crippen molar-refractivity contribution in [3.8, 4) is 23.0 Å². The predicted octanol–water partition coefficient (Wildman–Crippen LogP) is 5.88. The van der Waals surface area contributed by atoms with E-state index in [1.54, 1.807) is 24.6 Å². The second-order valence-corrected chi connectivity index (χ2v) is 10.1. The lowest BCUT2D eigenvalue weighted by atomic mass is 9.94. The van der Waals surface area contributed by atoms with Gasteiger partial charge in [0.1, 0.15) is 22.9 Å². The Labute approximate surface area is 220 Å². The number of aliphatic hydroxyl groups is 1. The summed E-state index contributed by atoms with van der Waals surface area (Å²) in [6.45, 7) is 5.25. The number of fused-ring (bicyclic) bond motifs is 1. The van der Waals surface area contributed by atoms with Crippen molar-refractivity contribution in [2.45, 2.75) is 51.7 Å². The first-order valence-corrected chi connectivity index (χ1v) is 12.5. The summed E-state index contributed by atoms with van der Waals surface area (Å²) >= 11 is 6.61. The molecule has 0 unspecified atom stereocenters. The molecule has 4 aromatic rings. The average Bonchev–Trinajstić information content (AvgIpc) is 3.14. The maximum absolute atomic E-state index is 13.9. The molecule has 4 rings (SSSR count). The molecular weight excluding hydrogens is 494 g/mol. The predicted molar refractivity (Wildman–Crippen MR) is 143 cm³/mol. The molecular formula is C29H29ClF2N4O. The summed E-state index contributed by atoms with van der Waals surface area (Å²) in [5, 5.41) is 16.2. The highest BCUT2D eigenvalue weighted by molar-refractivity contribution is 6.36. The zero-order chi connectivity index (χ0) is 26.9. The lowest BCUT2D eigenvalue weighted by molar-refractivity contribution is 0.143. The molecule has 3 N–H and O–H groups in total. The number of rotatable bonds is 6. The lowest BCUT2D eigenvalue weighted by Gasteiger charge is -2.18. The van der Waals surface area contributed by atoms with Gasteiger partial charge in [0.25, 0.3) is 0 Å². The number of aromatic nitrogens is 3. The number of benzene rings is 2. The van der Waals surface area contributed by atoms with Gasteiger partial charge in [0.15, 0.2) is 0 Å². The quantitative estimate of drug-likeness (QED) is 0.310. The molecule has 0 aliphatic heterocycles. The lowest BCUT2D eigenvalue weighted by Crippen LogP contribution is -2.17. The summed E-state index contributed by atoms with van der Waals surface area (Å²) in [6, 6.07) is 10.0. The minimum absolute atomic E-state index is 0.153. The molecule has 0 fully saturated rings. The van der Waals surface area contributed by atoms with E-state index in [1.807, 2.05) is 25.2 Å². The van der Waals surface area contributed by atoms with Crippen LogP contribution in [0.1, 0.15) is 55.9 Å². The molecule has 0 saturated carbocycles. The minimum Gasteiger partial charge on any atom is -0.378 e. The third kappa shape index (κ3) is 5.99. The van der Waals surface area contributed by atoms with Crippen LogP contribution in [0.15, 0.2) is 42.5 Å². The van der Waals surface area contributed by atoms with Gasteiger partial charge < -0.3 is 10.8 Å². The van der Waals surface area contributed by atoms with Crippen LogP contribution in [-0.2, 0) is 19.9 Å². The van der Waals surface area contributed by atoms with E-state index in [9.17, 15) is 13.9 Å². The molecule has 8 heteroatoms. The van der Waals surface area contributed by atoms with Crippen LogP contribution in [0, 0.1) is 23.5 Å². The van der Waals surface area contributed by atoms with Crippen molar-refractivity contribution in [1.82, 2.24) is 14.8 Å². The fraction of sp³-hybridized carbons (Fsp3) is 0.310. The zero-order valence-corrected chi connectivity index (χ0v) is 22.0. The number of nitrogens with two attached hydrogens (primary N) is 1. The molecule has 37 heavy (non-hydrogen) atoms. The molecule has 2 aromatic heterocycles. The van der Waals surface area contributed by atoms with Crippen LogP contribution < -0.4 is 5.73 Å². The Morgan fingerprint density at radius 3 is 2.43 bits per heavy atom. The largest absolute Gasteiger partial charge is 0.378 e. The van der Waals surface area contributed by atoms with Gasteiger partial charge in [-0.25, -0.2) is 13.8 Å². The van der Waals surface area contributed by atoms with Crippen molar-refractivity contribution < 1.29 is 13.9 Å². The van der Waals surface area contributed by atoms with E-state index in [4.69, 9.17) is 27.4 Å². The fourth-order valence-electron chi connectivity index (χ4n) is 4.44. The Balaban J connectivity index is 1.91. The molecule has 0 aliphatic rings. The first-order chi connectivity index (χ1) is 17.5. The zero-order valence-electron chi connectivity index (χ0n) is 21.2. The molecule has 2 aromatic carbocycles. The molecule has 0 bridgehead atoms. The summed E-state index contributed by atoms with van der Waals surface area (Å²) in [5.74, 6) is 4.32. The maximum Gasteiger partial charge on any atom is 0.126 e. The van der Waals surface area contributed by atoms with Crippen molar-refractivity contribution >= 4 is 22.5 Å². The van der Waals surface area contributed by atoms with Crippen LogP contribution >= 0.6 is 11.6 Å². The minimum atomic E-state index is -1.20. The summed E-state index contributed by atoms with van der Waals surface area (Å²) in [7, 11) is 1.87. The molecule has 5 nitrogen and oxygen atoms in total. The van der Waals surface area contributed by atoms with Crippen molar-refractivity contribution in [2.75, 3.05) is 0 Å². The van der Waals surface area contributed by atoms with E-state index >= 15 is 0 Å². The van der Waals surface area contributed by atoms with Gasteiger partial charge in [0.2, 0.25) is 0 Å². The van der Waals surface area contributed by atoms with E-state index < -0.39 is 23.3 Å². The highest BCUT2D eigenvalue weighted by Crippen LogP contribution is 2.38. The van der Waals surface area contributed by atoms with Gasteiger partial charge in [0.05, 0.1) is 28.0 Å². The van der Waals surface area contributed by atoms with Gasteiger partial charge in [-0.15, -0.1) is 0 Å². The van der Waals surface area contributed by atoms with E-state index in [0.29, 0.717) is 22.0 Å². The van der Waals surface area contributed by atoms with Gasteiger partial charge >= 0.3 is 0 Å². The molecule has 0 saturated heterocycles. The van der Waals surface area contributed by atoms with Gasteiger partial charge in [-0.3, -0.25) is 4.68 Å². The van der Waals surface area contributed by atoms with Gasteiger partial charge in [-0.2, -0.15) is 5.10 Å². The van der Waals surface area contributed by atoms with E-state index in [-0.39, 0.29) is 6.42 Å². The first kappa shape index (κ1) is 26.7.